The van der Waals surface area contributed by atoms with E-state index < -0.39 is 0 Å². The van der Waals surface area contributed by atoms with Crippen molar-refractivity contribution in [2.75, 3.05) is 12.4 Å². The number of hydrogen-bond donors (Lipinski definition) is 1. The number of aromatic nitrogens is 2. The van der Waals surface area contributed by atoms with Gasteiger partial charge in [0.1, 0.15) is 5.75 Å². The third-order valence-electron chi connectivity index (χ3n) is 3.46. The van der Waals surface area contributed by atoms with Crippen molar-refractivity contribution >= 4 is 22.9 Å². The first-order chi connectivity index (χ1) is 11.8. The molecular formula is C18H17N3O2S. The van der Waals surface area contributed by atoms with Crippen LogP contribution < -0.4 is 10.1 Å². The van der Waals surface area contributed by atoms with Crippen LogP contribution >= 0.6 is 11.3 Å². The molecule has 0 atom stereocenters. The summed E-state index contributed by atoms with van der Waals surface area (Å²) in [5, 5.41) is 5.80. The molecule has 0 saturated carbocycles. The number of amides is 1. The van der Waals surface area contributed by atoms with Gasteiger partial charge in [0.15, 0.2) is 0 Å². The number of nitrogens with zero attached hydrogens (tertiary/aromatic N) is 2. The number of nitrogens with one attached hydrogen (secondary N) is 1. The van der Waals surface area contributed by atoms with Gasteiger partial charge in [0.2, 0.25) is 5.91 Å². The topological polar surface area (TPSA) is 64.1 Å². The van der Waals surface area contributed by atoms with Crippen LogP contribution in [0.4, 0.5) is 5.69 Å². The maximum Gasteiger partial charge on any atom is 0.224 e. The van der Waals surface area contributed by atoms with E-state index >= 15 is 0 Å². The fourth-order valence-electron chi connectivity index (χ4n) is 2.25. The fourth-order valence-corrected chi connectivity index (χ4v) is 3.06. The highest BCUT2D eigenvalue weighted by atomic mass is 32.1. The molecule has 3 aromatic rings. The van der Waals surface area contributed by atoms with Crippen molar-refractivity contribution in [3.63, 3.8) is 0 Å². The van der Waals surface area contributed by atoms with Crippen molar-refractivity contribution in [1.82, 2.24) is 9.97 Å². The van der Waals surface area contributed by atoms with E-state index in [1.807, 2.05) is 41.8 Å². The Kier molecular flexibility index (Phi) is 5.18. The summed E-state index contributed by atoms with van der Waals surface area (Å²) in [5.41, 5.74) is 2.56. The summed E-state index contributed by atoms with van der Waals surface area (Å²) in [6, 6.07) is 11.2. The second-order valence-corrected chi connectivity index (χ2v) is 6.06. The lowest BCUT2D eigenvalue weighted by molar-refractivity contribution is -0.116. The average Bonchev–Trinajstić information content (AvgIpc) is 3.10. The van der Waals surface area contributed by atoms with Crippen LogP contribution in [0.5, 0.6) is 5.75 Å². The van der Waals surface area contributed by atoms with E-state index in [-0.39, 0.29) is 5.91 Å². The summed E-state index contributed by atoms with van der Waals surface area (Å²) < 4.78 is 5.23. The van der Waals surface area contributed by atoms with Crippen molar-refractivity contribution in [2.45, 2.75) is 12.8 Å². The molecule has 0 fully saturated rings. The lowest BCUT2D eigenvalue weighted by Gasteiger charge is -2.09. The zero-order chi connectivity index (χ0) is 16.8. The highest BCUT2D eigenvalue weighted by molar-refractivity contribution is 7.09. The number of ether oxygens (including phenoxy) is 1. The zero-order valence-corrected chi connectivity index (χ0v) is 14.0. The fraction of sp³-hybridized carbons (Fsp3) is 0.167. The second kappa shape index (κ2) is 7.70. The third kappa shape index (κ3) is 3.97. The van der Waals surface area contributed by atoms with Gasteiger partial charge in [-0.25, -0.2) is 4.98 Å². The molecule has 0 aliphatic heterocycles. The Morgan fingerprint density at radius 2 is 2.12 bits per heavy atom. The maximum absolute atomic E-state index is 12.1. The van der Waals surface area contributed by atoms with Crippen LogP contribution in [0.25, 0.3) is 11.3 Å². The molecule has 0 radical (unpaired) electrons. The van der Waals surface area contributed by atoms with E-state index in [0.29, 0.717) is 24.3 Å². The molecule has 122 valence electrons. The number of carbonyl (C=O) groups is 1. The zero-order valence-electron chi connectivity index (χ0n) is 13.2. The molecule has 0 aliphatic carbocycles. The van der Waals surface area contributed by atoms with E-state index in [1.165, 1.54) is 0 Å². The quantitative estimate of drug-likeness (QED) is 0.742. The lowest BCUT2D eigenvalue weighted by atomic mass is 10.2. The number of rotatable bonds is 6. The molecule has 0 bridgehead atoms. The molecule has 24 heavy (non-hydrogen) atoms. The Bertz CT molecular complexity index is 818. The molecule has 0 spiro atoms. The Morgan fingerprint density at radius 3 is 2.92 bits per heavy atom. The highest BCUT2D eigenvalue weighted by Gasteiger charge is 2.09. The normalized spacial score (nSPS) is 10.4. The number of benzene rings is 1. The molecule has 1 amide bonds. The molecule has 1 N–H and O–H groups in total. The molecule has 2 heterocycles. The van der Waals surface area contributed by atoms with Crippen molar-refractivity contribution < 1.29 is 9.53 Å². The van der Waals surface area contributed by atoms with E-state index in [0.717, 1.165) is 16.3 Å². The maximum atomic E-state index is 12.1. The van der Waals surface area contributed by atoms with Gasteiger partial charge in [-0.15, -0.1) is 11.3 Å². The second-order valence-electron chi connectivity index (χ2n) is 5.12. The predicted molar refractivity (Wildman–Crippen MR) is 95.3 cm³/mol. The van der Waals surface area contributed by atoms with E-state index in [4.69, 9.17) is 4.74 Å². The SMILES string of the molecule is COc1ccccc1NC(=O)CCc1nc(-c2cccnc2)cs1. The van der Waals surface area contributed by atoms with Gasteiger partial charge < -0.3 is 10.1 Å². The van der Waals surface area contributed by atoms with Crippen molar-refractivity contribution in [1.29, 1.82) is 0 Å². The smallest absolute Gasteiger partial charge is 0.224 e. The molecule has 0 unspecified atom stereocenters. The van der Waals surface area contributed by atoms with Crippen LogP contribution in [-0.4, -0.2) is 23.0 Å². The number of aryl methyl sites for hydroxylation is 1. The number of para-hydroxylation sites is 2. The summed E-state index contributed by atoms with van der Waals surface area (Å²) in [6.45, 7) is 0. The number of carbonyl (C=O) groups excluding carboxylic acids is 1. The van der Waals surface area contributed by atoms with E-state index in [9.17, 15) is 4.79 Å². The Hall–Kier alpha value is -2.73. The standard InChI is InChI=1S/C18H17N3O2S/c1-23-16-7-3-2-6-14(16)20-17(22)8-9-18-21-15(12-24-18)13-5-4-10-19-11-13/h2-7,10-12H,8-9H2,1H3,(H,20,22). The number of pyridine rings is 1. The predicted octanol–water partition coefficient (Wildman–Crippen LogP) is 3.79. The number of thiazole rings is 1. The first kappa shape index (κ1) is 16.1. The van der Waals surface area contributed by atoms with Crippen LogP contribution in [0, 0.1) is 0 Å². The molecule has 6 heteroatoms. The molecule has 0 saturated heterocycles. The summed E-state index contributed by atoms with van der Waals surface area (Å²) >= 11 is 1.56. The number of methoxy groups -OCH3 is 1. The van der Waals surface area contributed by atoms with Crippen LogP contribution in [0.3, 0.4) is 0 Å². The van der Waals surface area contributed by atoms with E-state index in [1.54, 1.807) is 30.8 Å². The van der Waals surface area contributed by atoms with Crippen LogP contribution in [0.2, 0.25) is 0 Å². The molecule has 1 aromatic carbocycles. The summed E-state index contributed by atoms with van der Waals surface area (Å²) in [6.07, 6.45) is 4.50. The Morgan fingerprint density at radius 1 is 1.25 bits per heavy atom. The molecule has 0 aliphatic rings. The first-order valence-electron chi connectivity index (χ1n) is 7.54. The largest absolute Gasteiger partial charge is 0.495 e. The van der Waals surface area contributed by atoms with Crippen molar-refractivity contribution in [3.05, 3.63) is 59.2 Å². The van der Waals surface area contributed by atoms with Gasteiger partial charge in [0.25, 0.3) is 0 Å². The van der Waals surface area contributed by atoms with Gasteiger partial charge >= 0.3 is 0 Å². The molecular weight excluding hydrogens is 322 g/mol. The van der Waals surface area contributed by atoms with Gasteiger partial charge in [0, 0.05) is 36.2 Å². The Labute approximate surface area is 144 Å². The van der Waals surface area contributed by atoms with Crippen molar-refractivity contribution in [3.8, 4) is 17.0 Å². The van der Waals surface area contributed by atoms with Crippen LogP contribution in [0.1, 0.15) is 11.4 Å². The van der Waals surface area contributed by atoms with Gasteiger partial charge in [0.05, 0.1) is 23.5 Å². The molecule has 2 aromatic heterocycles. The monoisotopic (exact) mass is 339 g/mol. The number of anilines is 1. The summed E-state index contributed by atoms with van der Waals surface area (Å²) in [7, 11) is 1.58. The van der Waals surface area contributed by atoms with Crippen LogP contribution in [0.15, 0.2) is 54.2 Å². The molecule has 3 rings (SSSR count). The Balaban J connectivity index is 1.58. The molecule has 5 nitrogen and oxygen atoms in total. The third-order valence-corrected chi connectivity index (χ3v) is 4.36. The minimum atomic E-state index is -0.0578. The summed E-state index contributed by atoms with van der Waals surface area (Å²) in [4.78, 5) is 20.8. The average molecular weight is 339 g/mol. The minimum absolute atomic E-state index is 0.0578. The van der Waals surface area contributed by atoms with Crippen molar-refractivity contribution in [2.24, 2.45) is 0 Å². The van der Waals surface area contributed by atoms with Crippen LogP contribution in [-0.2, 0) is 11.2 Å². The highest BCUT2D eigenvalue weighted by Crippen LogP contribution is 2.24. The van der Waals surface area contributed by atoms with Gasteiger partial charge in [-0.3, -0.25) is 9.78 Å². The van der Waals surface area contributed by atoms with Gasteiger partial charge in [-0.1, -0.05) is 12.1 Å². The van der Waals surface area contributed by atoms with E-state index in [2.05, 4.69) is 15.3 Å². The lowest BCUT2D eigenvalue weighted by Crippen LogP contribution is -2.13. The minimum Gasteiger partial charge on any atom is -0.495 e. The van der Waals surface area contributed by atoms with Gasteiger partial charge in [-0.2, -0.15) is 0 Å². The number of hydrogen-bond acceptors (Lipinski definition) is 5. The first-order valence-corrected chi connectivity index (χ1v) is 8.42. The van der Waals surface area contributed by atoms with Gasteiger partial charge in [-0.05, 0) is 24.3 Å². The summed E-state index contributed by atoms with van der Waals surface area (Å²) in [5.74, 6) is 0.594.